The molecule has 0 unspecified atom stereocenters. The molecule has 1 heterocycles. The third-order valence-electron chi connectivity index (χ3n) is 3.13. The van der Waals surface area contributed by atoms with Crippen LogP contribution in [0.3, 0.4) is 0 Å². The Hall–Kier alpha value is -2.22. The quantitative estimate of drug-likeness (QED) is 0.906. The van der Waals surface area contributed by atoms with Gasteiger partial charge in [-0.2, -0.15) is 5.10 Å². The maximum absolute atomic E-state index is 12.4. The zero-order valence-electron chi connectivity index (χ0n) is 12.2. The van der Waals surface area contributed by atoms with Gasteiger partial charge in [0.15, 0.2) is 0 Å². The SMILES string of the molecule is COc1ccc(OC)c(NS(=O)(=O)c2cnn(C)c2C)c1. The van der Waals surface area contributed by atoms with Gasteiger partial charge in [-0.05, 0) is 19.1 Å². The molecule has 0 aliphatic rings. The predicted octanol–water partition coefficient (Wildman–Crippen LogP) is 1.55. The van der Waals surface area contributed by atoms with Gasteiger partial charge >= 0.3 is 0 Å². The molecular formula is C13H17N3O4S. The molecule has 8 heteroatoms. The lowest BCUT2D eigenvalue weighted by molar-refractivity contribution is 0.405. The first-order valence-corrected chi connectivity index (χ1v) is 7.61. The van der Waals surface area contributed by atoms with Crippen molar-refractivity contribution in [3.8, 4) is 11.5 Å². The summed E-state index contributed by atoms with van der Waals surface area (Å²) >= 11 is 0. The fraction of sp³-hybridized carbons (Fsp3) is 0.308. The summed E-state index contributed by atoms with van der Waals surface area (Å²) in [5.74, 6) is 0.928. The highest BCUT2D eigenvalue weighted by molar-refractivity contribution is 7.92. The monoisotopic (exact) mass is 311 g/mol. The summed E-state index contributed by atoms with van der Waals surface area (Å²) in [6.07, 6.45) is 1.31. The number of rotatable bonds is 5. The van der Waals surface area contributed by atoms with Gasteiger partial charge in [0.05, 0.1) is 31.8 Å². The summed E-state index contributed by atoms with van der Waals surface area (Å²) in [7, 11) is 0.904. The molecule has 1 N–H and O–H groups in total. The Morgan fingerprint density at radius 3 is 2.48 bits per heavy atom. The molecule has 0 spiro atoms. The van der Waals surface area contributed by atoms with Gasteiger partial charge in [-0.1, -0.05) is 0 Å². The molecule has 1 aromatic carbocycles. The Balaban J connectivity index is 2.43. The minimum Gasteiger partial charge on any atom is -0.497 e. The normalized spacial score (nSPS) is 11.2. The van der Waals surface area contributed by atoms with E-state index >= 15 is 0 Å². The summed E-state index contributed by atoms with van der Waals surface area (Å²) in [5, 5.41) is 3.94. The van der Waals surface area contributed by atoms with Crippen molar-refractivity contribution in [1.82, 2.24) is 9.78 Å². The van der Waals surface area contributed by atoms with Crippen molar-refractivity contribution in [2.24, 2.45) is 7.05 Å². The Bertz CT molecular complexity index is 753. The average molecular weight is 311 g/mol. The Morgan fingerprint density at radius 2 is 1.95 bits per heavy atom. The van der Waals surface area contributed by atoms with Crippen LogP contribution >= 0.6 is 0 Å². The average Bonchev–Trinajstić information content (AvgIpc) is 2.79. The van der Waals surface area contributed by atoms with Gasteiger partial charge in [0.25, 0.3) is 10.0 Å². The van der Waals surface area contributed by atoms with Crippen molar-refractivity contribution in [1.29, 1.82) is 0 Å². The molecule has 1 aromatic heterocycles. The van der Waals surface area contributed by atoms with Crippen LogP contribution in [-0.2, 0) is 17.1 Å². The highest BCUT2D eigenvalue weighted by Gasteiger charge is 2.21. The molecule has 0 aliphatic heterocycles. The van der Waals surface area contributed by atoms with Gasteiger partial charge in [0, 0.05) is 13.1 Å². The third kappa shape index (κ3) is 2.94. The van der Waals surface area contributed by atoms with E-state index in [2.05, 4.69) is 9.82 Å². The number of hydrogen-bond donors (Lipinski definition) is 1. The van der Waals surface area contributed by atoms with E-state index in [1.54, 1.807) is 32.2 Å². The molecule has 2 rings (SSSR count). The topological polar surface area (TPSA) is 82.4 Å². The lowest BCUT2D eigenvalue weighted by Crippen LogP contribution is -2.14. The summed E-state index contributed by atoms with van der Waals surface area (Å²) in [6.45, 7) is 1.68. The zero-order chi connectivity index (χ0) is 15.6. The summed E-state index contributed by atoms with van der Waals surface area (Å²) in [4.78, 5) is 0.120. The van der Waals surface area contributed by atoms with Crippen LogP contribution in [0.1, 0.15) is 5.69 Å². The molecule has 0 amide bonds. The fourth-order valence-electron chi connectivity index (χ4n) is 1.84. The molecule has 0 saturated carbocycles. The Morgan fingerprint density at radius 1 is 1.24 bits per heavy atom. The standard InChI is InChI=1S/C13H17N3O4S/c1-9-13(8-14-16(9)2)21(17,18)15-11-7-10(19-3)5-6-12(11)20-4/h5-8,15H,1-4H3. The smallest absolute Gasteiger partial charge is 0.265 e. The largest absolute Gasteiger partial charge is 0.497 e. The molecule has 114 valence electrons. The highest BCUT2D eigenvalue weighted by atomic mass is 32.2. The van der Waals surface area contributed by atoms with Crippen LogP contribution in [0.25, 0.3) is 0 Å². The molecule has 0 fully saturated rings. The Kier molecular flexibility index (Phi) is 4.08. The van der Waals surface area contributed by atoms with E-state index in [1.165, 1.54) is 25.1 Å². The van der Waals surface area contributed by atoms with Crippen LogP contribution in [0.4, 0.5) is 5.69 Å². The van der Waals surface area contributed by atoms with Crippen molar-refractivity contribution in [3.63, 3.8) is 0 Å². The molecule has 0 saturated heterocycles. The van der Waals surface area contributed by atoms with Crippen molar-refractivity contribution >= 4 is 15.7 Å². The van der Waals surface area contributed by atoms with Crippen LogP contribution < -0.4 is 14.2 Å². The minimum atomic E-state index is -3.75. The lowest BCUT2D eigenvalue weighted by atomic mass is 10.3. The number of methoxy groups -OCH3 is 2. The summed E-state index contributed by atoms with van der Waals surface area (Å²) < 4.78 is 39.1. The molecule has 0 aliphatic carbocycles. The van der Waals surface area contributed by atoms with Crippen molar-refractivity contribution in [2.45, 2.75) is 11.8 Å². The second kappa shape index (κ2) is 5.65. The van der Waals surface area contributed by atoms with Crippen molar-refractivity contribution < 1.29 is 17.9 Å². The Labute approximate surface area is 123 Å². The third-order valence-corrected chi connectivity index (χ3v) is 4.60. The second-order valence-corrected chi connectivity index (χ2v) is 6.04. The van der Waals surface area contributed by atoms with E-state index in [0.29, 0.717) is 22.9 Å². The minimum absolute atomic E-state index is 0.120. The molecule has 0 radical (unpaired) electrons. The number of hydrogen-bond acceptors (Lipinski definition) is 5. The molecule has 0 atom stereocenters. The van der Waals surface area contributed by atoms with Gasteiger partial charge in [0.2, 0.25) is 0 Å². The van der Waals surface area contributed by atoms with Gasteiger partial charge in [-0.3, -0.25) is 9.40 Å². The van der Waals surface area contributed by atoms with Gasteiger partial charge < -0.3 is 9.47 Å². The van der Waals surface area contributed by atoms with E-state index in [9.17, 15) is 8.42 Å². The number of nitrogens with one attached hydrogen (secondary N) is 1. The number of benzene rings is 1. The van der Waals surface area contributed by atoms with E-state index in [4.69, 9.17) is 9.47 Å². The lowest BCUT2D eigenvalue weighted by Gasteiger charge is -2.12. The fourth-order valence-corrected chi connectivity index (χ4v) is 3.10. The first kappa shape index (κ1) is 15.2. The van der Waals surface area contributed by atoms with Gasteiger partial charge in [-0.25, -0.2) is 8.42 Å². The highest BCUT2D eigenvalue weighted by Crippen LogP contribution is 2.31. The number of ether oxygens (including phenoxy) is 2. The number of aryl methyl sites for hydroxylation is 1. The van der Waals surface area contributed by atoms with Crippen LogP contribution in [-0.4, -0.2) is 32.4 Å². The zero-order valence-corrected chi connectivity index (χ0v) is 13.1. The molecule has 2 aromatic rings. The molecule has 0 bridgehead atoms. The maximum Gasteiger partial charge on any atom is 0.265 e. The predicted molar refractivity (Wildman–Crippen MR) is 78.3 cm³/mol. The van der Waals surface area contributed by atoms with E-state index in [0.717, 1.165) is 0 Å². The van der Waals surface area contributed by atoms with E-state index < -0.39 is 10.0 Å². The molecule has 21 heavy (non-hydrogen) atoms. The van der Waals surface area contributed by atoms with E-state index in [-0.39, 0.29) is 4.90 Å². The second-order valence-electron chi connectivity index (χ2n) is 4.39. The molecular weight excluding hydrogens is 294 g/mol. The van der Waals surface area contributed by atoms with Crippen LogP contribution in [0.5, 0.6) is 11.5 Å². The summed E-state index contributed by atoms with van der Waals surface area (Å²) in [5.41, 5.74) is 0.851. The first-order chi connectivity index (χ1) is 9.89. The molecule has 7 nitrogen and oxygen atoms in total. The summed E-state index contributed by atoms with van der Waals surface area (Å²) in [6, 6.07) is 4.88. The number of anilines is 1. The maximum atomic E-state index is 12.4. The van der Waals surface area contributed by atoms with Gasteiger partial charge in [0.1, 0.15) is 16.4 Å². The van der Waals surface area contributed by atoms with Gasteiger partial charge in [-0.15, -0.1) is 0 Å². The first-order valence-electron chi connectivity index (χ1n) is 6.12. The number of sulfonamides is 1. The van der Waals surface area contributed by atoms with Crippen molar-refractivity contribution in [2.75, 3.05) is 18.9 Å². The van der Waals surface area contributed by atoms with Crippen LogP contribution in [0.2, 0.25) is 0 Å². The number of aromatic nitrogens is 2. The van der Waals surface area contributed by atoms with Crippen LogP contribution in [0, 0.1) is 6.92 Å². The van der Waals surface area contributed by atoms with E-state index in [1.807, 2.05) is 0 Å². The van der Waals surface area contributed by atoms with Crippen molar-refractivity contribution in [3.05, 3.63) is 30.1 Å². The van der Waals surface area contributed by atoms with Crippen LogP contribution in [0.15, 0.2) is 29.3 Å². The number of nitrogens with zero attached hydrogens (tertiary/aromatic N) is 2.